The van der Waals surface area contributed by atoms with Crippen molar-refractivity contribution in [1.82, 2.24) is 20.1 Å². The average Bonchev–Trinajstić information content (AvgIpc) is 3.20. The number of amides is 1. The second-order valence-corrected chi connectivity index (χ2v) is 6.33. The Balaban J connectivity index is 1.42. The lowest BCUT2D eigenvalue weighted by molar-refractivity contribution is -0.130. The van der Waals surface area contributed by atoms with E-state index in [0.717, 1.165) is 16.7 Å². The van der Waals surface area contributed by atoms with Crippen molar-refractivity contribution in [1.29, 1.82) is 0 Å². The first-order chi connectivity index (χ1) is 13.2. The molecule has 0 spiro atoms. The lowest BCUT2D eigenvalue weighted by Crippen LogP contribution is -2.41. The van der Waals surface area contributed by atoms with Crippen LogP contribution in [0.3, 0.4) is 0 Å². The minimum absolute atomic E-state index is 0.298. The van der Waals surface area contributed by atoms with Gasteiger partial charge in [0.1, 0.15) is 12.7 Å². The molecule has 27 heavy (non-hydrogen) atoms. The van der Waals surface area contributed by atoms with Gasteiger partial charge in [-0.2, -0.15) is 5.10 Å². The summed E-state index contributed by atoms with van der Waals surface area (Å²) in [5.41, 5.74) is 3.37. The molecule has 4 rings (SSSR count). The lowest BCUT2D eigenvalue weighted by atomic mass is 9.98. The summed E-state index contributed by atoms with van der Waals surface area (Å²) in [4.78, 5) is 28.6. The maximum Gasteiger partial charge on any atom is 0.339 e. The van der Waals surface area contributed by atoms with Gasteiger partial charge in [-0.25, -0.2) is 14.5 Å². The number of cyclic esters (lactones) is 1. The molecular formula is C20H18N4O3. The standard InChI is InChI=1S/C20H18N4O3/c25-19(18-9-14-5-3-4-8-17(14)20(26)27-18)22-10-15-6-1-2-7-16(15)11-24-13-21-12-23-24/h1-8,12-13,18H,9-11H2,(H,22,25). The smallest absolute Gasteiger partial charge is 0.339 e. The first kappa shape index (κ1) is 17.0. The summed E-state index contributed by atoms with van der Waals surface area (Å²) in [6, 6.07) is 15.0. The maximum absolute atomic E-state index is 12.5. The van der Waals surface area contributed by atoms with E-state index in [9.17, 15) is 9.59 Å². The molecule has 1 aliphatic heterocycles. The number of esters is 1. The van der Waals surface area contributed by atoms with Gasteiger partial charge >= 0.3 is 5.97 Å². The molecule has 7 heteroatoms. The highest BCUT2D eigenvalue weighted by Crippen LogP contribution is 2.20. The molecule has 3 aromatic rings. The number of benzene rings is 2. The quantitative estimate of drug-likeness (QED) is 0.699. The average molecular weight is 362 g/mol. The minimum Gasteiger partial charge on any atom is -0.448 e. The molecule has 2 heterocycles. The zero-order valence-corrected chi connectivity index (χ0v) is 14.5. The number of nitrogens with one attached hydrogen (secondary N) is 1. The molecule has 0 saturated heterocycles. The lowest BCUT2D eigenvalue weighted by Gasteiger charge is -2.24. The molecule has 136 valence electrons. The number of carbonyl (C=O) groups excluding carboxylic acids is 2. The Labute approximate surface area is 156 Å². The summed E-state index contributed by atoms with van der Waals surface area (Å²) in [6.07, 6.45) is 2.71. The number of hydrogen-bond donors (Lipinski definition) is 1. The molecule has 1 N–H and O–H groups in total. The van der Waals surface area contributed by atoms with Gasteiger partial charge < -0.3 is 10.1 Å². The summed E-state index contributed by atoms with van der Waals surface area (Å²) in [6.45, 7) is 0.914. The molecule has 2 aromatic carbocycles. The normalized spacial score (nSPS) is 15.7. The molecule has 0 radical (unpaired) electrons. The van der Waals surface area contributed by atoms with Gasteiger partial charge in [-0.3, -0.25) is 4.79 Å². The number of ether oxygens (including phenoxy) is 1. The van der Waals surface area contributed by atoms with Crippen LogP contribution in [0.1, 0.15) is 27.0 Å². The van der Waals surface area contributed by atoms with Crippen LogP contribution in [0.5, 0.6) is 0 Å². The summed E-state index contributed by atoms with van der Waals surface area (Å²) < 4.78 is 7.03. The van der Waals surface area contributed by atoms with Crippen molar-refractivity contribution in [2.45, 2.75) is 25.6 Å². The van der Waals surface area contributed by atoms with Crippen LogP contribution in [0.4, 0.5) is 0 Å². The zero-order chi connectivity index (χ0) is 18.6. The second-order valence-electron chi connectivity index (χ2n) is 6.33. The van der Waals surface area contributed by atoms with Crippen molar-refractivity contribution in [3.8, 4) is 0 Å². The van der Waals surface area contributed by atoms with Crippen LogP contribution in [0.15, 0.2) is 61.2 Å². The zero-order valence-electron chi connectivity index (χ0n) is 14.5. The van der Waals surface area contributed by atoms with Crippen molar-refractivity contribution in [3.05, 3.63) is 83.4 Å². The van der Waals surface area contributed by atoms with E-state index in [4.69, 9.17) is 4.74 Å². The number of rotatable bonds is 5. The Morgan fingerprint density at radius 3 is 2.74 bits per heavy atom. The minimum atomic E-state index is -0.810. The van der Waals surface area contributed by atoms with Gasteiger partial charge in [0.2, 0.25) is 0 Å². The van der Waals surface area contributed by atoms with E-state index < -0.39 is 12.1 Å². The van der Waals surface area contributed by atoms with Crippen molar-refractivity contribution in [3.63, 3.8) is 0 Å². The van der Waals surface area contributed by atoms with E-state index in [1.165, 1.54) is 6.33 Å². The van der Waals surface area contributed by atoms with Crippen LogP contribution in [-0.4, -0.2) is 32.7 Å². The van der Waals surface area contributed by atoms with Crippen molar-refractivity contribution in [2.24, 2.45) is 0 Å². The monoisotopic (exact) mass is 362 g/mol. The van der Waals surface area contributed by atoms with Crippen molar-refractivity contribution < 1.29 is 14.3 Å². The van der Waals surface area contributed by atoms with Crippen LogP contribution in [-0.2, 0) is 29.0 Å². The number of carbonyl (C=O) groups is 2. The third kappa shape index (κ3) is 3.72. The Kier molecular flexibility index (Phi) is 4.65. The van der Waals surface area contributed by atoms with Crippen LogP contribution >= 0.6 is 0 Å². The molecule has 1 atom stereocenters. The van der Waals surface area contributed by atoms with Gasteiger partial charge in [-0.1, -0.05) is 42.5 Å². The predicted molar refractivity (Wildman–Crippen MR) is 96.8 cm³/mol. The summed E-state index contributed by atoms with van der Waals surface area (Å²) in [7, 11) is 0. The Bertz CT molecular complexity index is 969. The first-order valence-corrected chi connectivity index (χ1v) is 8.66. The van der Waals surface area contributed by atoms with Gasteiger partial charge in [-0.15, -0.1) is 0 Å². The first-order valence-electron chi connectivity index (χ1n) is 8.66. The molecule has 0 bridgehead atoms. The SMILES string of the molecule is O=C1OC(C(=O)NCc2ccccc2Cn2cncn2)Cc2ccccc21. The van der Waals surface area contributed by atoms with E-state index in [1.54, 1.807) is 23.1 Å². The molecule has 0 fully saturated rings. The van der Waals surface area contributed by atoms with Crippen LogP contribution < -0.4 is 5.32 Å². The van der Waals surface area contributed by atoms with Crippen molar-refractivity contribution >= 4 is 11.9 Å². The van der Waals surface area contributed by atoms with E-state index in [-0.39, 0.29) is 5.91 Å². The summed E-state index contributed by atoms with van der Waals surface area (Å²) in [5.74, 6) is -0.753. The third-order valence-corrected chi connectivity index (χ3v) is 4.55. The topological polar surface area (TPSA) is 86.1 Å². The molecule has 7 nitrogen and oxygen atoms in total. The largest absolute Gasteiger partial charge is 0.448 e. The fourth-order valence-electron chi connectivity index (χ4n) is 3.15. The van der Waals surface area contributed by atoms with E-state index in [0.29, 0.717) is 25.1 Å². The second kappa shape index (κ2) is 7.41. The molecule has 1 aromatic heterocycles. The van der Waals surface area contributed by atoms with Gasteiger partial charge in [-0.05, 0) is 22.8 Å². The molecule has 1 unspecified atom stereocenters. The van der Waals surface area contributed by atoms with E-state index in [1.807, 2.05) is 36.4 Å². The number of aromatic nitrogens is 3. The molecule has 0 saturated carbocycles. The fraction of sp³-hybridized carbons (Fsp3) is 0.200. The Morgan fingerprint density at radius 1 is 1.15 bits per heavy atom. The summed E-state index contributed by atoms with van der Waals surface area (Å²) >= 11 is 0. The molecule has 0 aliphatic carbocycles. The summed E-state index contributed by atoms with van der Waals surface area (Å²) in [5, 5.41) is 6.99. The van der Waals surface area contributed by atoms with Gasteiger partial charge in [0, 0.05) is 13.0 Å². The highest BCUT2D eigenvalue weighted by Gasteiger charge is 2.30. The van der Waals surface area contributed by atoms with Crippen LogP contribution in [0.2, 0.25) is 0 Å². The fourth-order valence-corrected chi connectivity index (χ4v) is 3.15. The van der Waals surface area contributed by atoms with Gasteiger partial charge in [0.25, 0.3) is 5.91 Å². The maximum atomic E-state index is 12.5. The highest BCUT2D eigenvalue weighted by atomic mass is 16.5. The van der Waals surface area contributed by atoms with Gasteiger partial charge in [0.15, 0.2) is 6.10 Å². The molecule has 1 amide bonds. The van der Waals surface area contributed by atoms with Crippen molar-refractivity contribution in [2.75, 3.05) is 0 Å². The highest BCUT2D eigenvalue weighted by molar-refractivity contribution is 5.95. The Hall–Kier alpha value is -3.48. The number of fused-ring (bicyclic) bond motifs is 1. The predicted octanol–water partition coefficient (Wildman–Crippen LogP) is 1.72. The number of hydrogen-bond acceptors (Lipinski definition) is 5. The van der Waals surface area contributed by atoms with E-state index >= 15 is 0 Å². The molecule has 1 aliphatic rings. The Morgan fingerprint density at radius 2 is 1.93 bits per heavy atom. The number of nitrogens with zero attached hydrogens (tertiary/aromatic N) is 3. The molecular weight excluding hydrogens is 344 g/mol. The van der Waals surface area contributed by atoms with Gasteiger partial charge in [0.05, 0.1) is 12.1 Å². The van der Waals surface area contributed by atoms with E-state index in [2.05, 4.69) is 15.4 Å². The van der Waals surface area contributed by atoms with Crippen LogP contribution in [0.25, 0.3) is 0 Å². The van der Waals surface area contributed by atoms with Crippen LogP contribution in [0, 0.1) is 0 Å². The third-order valence-electron chi connectivity index (χ3n) is 4.55.